The average Bonchev–Trinajstić information content (AvgIpc) is 3.13. The zero-order valence-electron chi connectivity index (χ0n) is 10.6. The number of aromatic nitrogens is 4. The van der Waals surface area contributed by atoms with E-state index in [1.54, 1.807) is 18.2 Å². The van der Waals surface area contributed by atoms with Crippen molar-refractivity contribution in [2.24, 2.45) is 0 Å². The van der Waals surface area contributed by atoms with Gasteiger partial charge in [-0.15, -0.1) is 0 Å². The fraction of sp³-hybridized carbons (Fsp3) is 0.167. The number of carboxylic acid groups (broad SMARTS) is 1. The number of tetrazole rings is 1. The van der Waals surface area contributed by atoms with E-state index in [1.807, 2.05) is 6.07 Å². The summed E-state index contributed by atoms with van der Waals surface area (Å²) in [5.41, 5.74) is 0.827. The molecule has 1 unspecified atom stereocenters. The van der Waals surface area contributed by atoms with Gasteiger partial charge in [0, 0.05) is 0 Å². The number of nitrogens with zero attached hydrogens (tertiary/aromatic N) is 4. The van der Waals surface area contributed by atoms with Crippen LogP contribution < -0.4 is 14.8 Å². The first-order valence-corrected chi connectivity index (χ1v) is 6.12. The van der Waals surface area contributed by atoms with E-state index >= 15 is 0 Å². The molecule has 21 heavy (non-hydrogen) atoms. The molecule has 0 saturated heterocycles. The SMILES string of the molecule is O=C(O)C1=CC(c2ccc3c(c2)OCO3)n2nnnc2N1. The molecule has 4 rings (SSSR count). The Morgan fingerprint density at radius 2 is 2.24 bits per heavy atom. The molecule has 1 aromatic carbocycles. The molecule has 9 heteroatoms. The maximum atomic E-state index is 11.2. The largest absolute Gasteiger partial charge is 0.477 e. The lowest BCUT2D eigenvalue weighted by Gasteiger charge is -2.21. The first-order chi connectivity index (χ1) is 10.2. The van der Waals surface area contributed by atoms with E-state index in [-0.39, 0.29) is 18.4 Å². The number of aliphatic carboxylic acids is 1. The molecule has 0 bridgehead atoms. The Morgan fingerprint density at radius 1 is 1.38 bits per heavy atom. The lowest BCUT2D eigenvalue weighted by Crippen LogP contribution is -2.24. The van der Waals surface area contributed by atoms with Crippen LogP contribution in [0.4, 0.5) is 5.95 Å². The van der Waals surface area contributed by atoms with Gasteiger partial charge in [-0.3, -0.25) is 0 Å². The summed E-state index contributed by atoms with van der Waals surface area (Å²) >= 11 is 0. The van der Waals surface area contributed by atoms with Crippen LogP contribution in [-0.4, -0.2) is 38.1 Å². The summed E-state index contributed by atoms with van der Waals surface area (Å²) < 4.78 is 12.1. The van der Waals surface area contributed by atoms with E-state index in [4.69, 9.17) is 14.6 Å². The average molecular weight is 287 g/mol. The number of hydrogen-bond donors (Lipinski definition) is 2. The molecule has 1 atom stereocenters. The second kappa shape index (κ2) is 4.20. The van der Waals surface area contributed by atoms with Crippen molar-refractivity contribution in [2.75, 3.05) is 12.1 Å². The van der Waals surface area contributed by atoms with Crippen LogP contribution >= 0.6 is 0 Å². The van der Waals surface area contributed by atoms with Crippen LogP contribution in [0.3, 0.4) is 0 Å². The van der Waals surface area contributed by atoms with Crippen LogP contribution in [-0.2, 0) is 4.79 Å². The van der Waals surface area contributed by atoms with Gasteiger partial charge in [-0.25, -0.2) is 4.79 Å². The number of nitrogens with one attached hydrogen (secondary N) is 1. The number of allylic oxidation sites excluding steroid dienone is 1. The normalized spacial score (nSPS) is 18.7. The summed E-state index contributed by atoms with van der Waals surface area (Å²) in [5, 5.41) is 23.0. The Kier molecular flexibility index (Phi) is 2.34. The maximum absolute atomic E-state index is 11.2. The van der Waals surface area contributed by atoms with Crippen molar-refractivity contribution >= 4 is 11.9 Å². The molecular formula is C12H9N5O4. The summed E-state index contributed by atoms with van der Waals surface area (Å²) in [6.45, 7) is 0.178. The molecule has 2 aromatic rings. The number of anilines is 1. The van der Waals surface area contributed by atoms with Crippen LogP contribution in [0.5, 0.6) is 11.5 Å². The van der Waals surface area contributed by atoms with Crippen LogP contribution in [0.25, 0.3) is 0 Å². The van der Waals surface area contributed by atoms with Crippen molar-refractivity contribution in [3.8, 4) is 11.5 Å². The molecule has 3 heterocycles. The van der Waals surface area contributed by atoms with Crippen molar-refractivity contribution in [1.29, 1.82) is 0 Å². The summed E-state index contributed by atoms with van der Waals surface area (Å²) in [6.07, 6.45) is 1.54. The number of rotatable bonds is 2. The van der Waals surface area contributed by atoms with Gasteiger partial charge in [0.15, 0.2) is 11.5 Å². The molecule has 0 amide bonds. The second-order valence-corrected chi connectivity index (χ2v) is 4.52. The summed E-state index contributed by atoms with van der Waals surface area (Å²) in [7, 11) is 0. The molecule has 2 aliphatic heterocycles. The highest BCUT2D eigenvalue weighted by atomic mass is 16.7. The second-order valence-electron chi connectivity index (χ2n) is 4.52. The third-order valence-corrected chi connectivity index (χ3v) is 3.30. The Morgan fingerprint density at radius 3 is 3.10 bits per heavy atom. The third-order valence-electron chi connectivity index (χ3n) is 3.30. The van der Waals surface area contributed by atoms with Crippen molar-refractivity contribution in [1.82, 2.24) is 20.2 Å². The van der Waals surface area contributed by atoms with E-state index in [9.17, 15) is 4.79 Å². The quantitative estimate of drug-likeness (QED) is 0.815. The molecule has 0 aliphatic carbocycles. The Bertz CT molecular complexity index is 769. The molecular weight excluding hydrogens is 278 g/mol. The Hall–Kier alpha value is -3.10. The Labute approximate surface area is 117 Å². The highest BCUT2D eigenvalue weighted by molar-refractivity contribution is 5.90. The van der Waals surface area contributed by atoms with Gasteiger partial charge in [0.05, 0.1) is 0 Å². The topological polar surface area (TPSA) is 111 Å². The fourth-order valence-electron chi connectivity index (χ4n) is 2.31. The molecule has 0 saturated carbocycles. The number of fused-ring (bicyclic) bond motifs is 2. The monoisotopic (exact) mass is 287 g/mol. The highest BCUT2D eigenvalue weighted by Crippen LogP contribution is 2.36. The first kappa shape index (κ1) is 11.7. The highest BCUT2D eigenvalue weighted by Gasteiger charge is 2.27. The fourth-order valence-corrected chi connectivity index (χ4v) is 2.31. The van der Waals surface area contributed by atoms with Crippen molar-refractivity contribution < 1.29 is 19.4 Å². The van der Waals surface area contributed by atoms with Gasteiger partial charge in [0.25, 0.3) is 0 Å². The molecule has 106 valence electrons. The molecule has 0 spiro atoms. The molecule has 0 fully saturated rings. The van der Waals surface area contributed by atoms with E-state index in [1.165, 1.54) is 4.68 Å². The summed E-state index contributed by atoms with van der Waals surface area (Å²) in [6, 6.07) is 4.96. The molecule has 0 radical (unpaired) electrons. The first-order valence-electron chi connectivity index (χ1n) is 6.12. The summed E-state index contributed by atoms with van der Waals surface area (Å²) in [4.78, 5) is 11.2. The van der Waals surface area contributed by atoms with Crippen LogP contribution in [0.15, 0.2) is 30.0 Å². The predicted octanol–water partition coefficient (Wildman–Crippen LogP) is 0.385. The lowest BCUT2D eigenvalue weighted by atomic mass is 10.0. The zero-order chi connectivity index (χ0) is 14.4. The van der Waals surface area contributed by atoms with Gasteiger partial charge in [-0.05, 0) is 34.2 Å². The number of carboxylic acids is 1. The molecule has 2 aliphatic rings. The maximum Gasteiger partial charge on any atom is 0.352 e. The Balaban J connectivity index is 1.82. The minimum Gasteiger partial charge on any atom is -0.477 e. The summed E-state index contributed by atoms with van der Waals surface area (Å²) in [5.74, 6) is 0.477. The zero-order valence-corrected chi connectivity index (χ0v) is 10.6. The number of ether oxygens (including phenoxy) is 2. The minimum absolute atomic E-state index is 0.0277. The van der Waals surface area contributed by atoms with Gasteiger partial charge < -0.3 is 19.9 Å². The van der Waals surface area contributed by atoms with Gasteiger partial charge in [-0.2, -0.15) is 4.68 Å². The van der Waals surface area contributed by atoms with E-state index < -0.39 is 12.0 Å². The van der Waals surface area contributed by atoms with Crippen LogP contribution in [0.2, 0.25) is 0 Å². The third kappa shape index (κ3) is 1.78. The molecule has 1 aromatic heterocycles. The van der Waals surface area contributed by atoms with Gasteiger partial charge in [-0.1, -0.05) is 11.2 Å². The van der Waals surface area contributed by atoms with Crippen molar-refractivity contribution in [2.45, 2.75) is 6.04 Å². The standard InChI is InChI=1S/C12H9N5O4/c18-11(19)7-4-8(17-12(13-7)14-15-16-17)6-1-2-9-10(3-6)21-5-20-9/h1-4,8H,5H2,(H,18,19)(H,13,14,16). The predicted molar refractivity (Wildman–Crippen MR) is 67.9 cm³/mol. The van der Waals surface area contributed by atoms with Crippen LogP contribution in [0, 0.1) is 0 Å². The number of carbonyl (C=O) groups is 1. The van der Waals surface area contributed by atoms with Gasteiger partial charge in [0.1, 0.15) is 11.7 Å². The smallest absolute Gasteiger partial charge is 0.352 e. The van der Waals surface area contributed by atoms with E-state index in [0.29, 0.717) is 11.5 Å². The lowest BCUT2D eigenvalue weighted by molar-refractivity contribution is -0.132. The van der Waals surface area contributed by atoms with Crippen molar-refractivity contribution in [3.05, 3.63) is 35.5 Å². The van der Waals surface area contributed by atoms with Gasteiger partial charge in [0.2, 0.25) is 12.7 Å². The number of benzene rings is 1. The van der Waals surface area contributed by atoms with E-state index in [0.717, 1.165) is 5.56 Å². The number of hydrogen-bond acceptors (Lipinski definition) is 7. The minimum atomic E-state index is -1.07. The van der Waals surface area contributed by atoms with Crippen molar-refractivity contribution in [3.63, 3.8) is 0 Å². The molecule has 9 nitrogen and oxygen atoms in total. The van der Waals surface area contributed by atoms with Crippen LogP contribution in [0.1, 0.15) is 11.6 Å². The van der Waals surface area contributed by atoms with Gasteiger partial charge >= 0.3 is 5.97 Å². The molecule has 2 N–H and O–H groups in total. The van der Waals surface area contributed by atoms with E-state index in [2.05, 4.69) is 20.8 Å².